The number of ether oxygens (including phenoxy) is 8. The fraction of sp³-hybridized carbons (Fsp3) is 0.800. The zero-order valence-corrected chi connectivity index (χ0v) is 68.5. The van der Waals surface area contributed by atoms with E-state index in [4.69, 9.17) is 37.9 Å². The standard InChI is InChI=1S/C85H136O28/c1-14-62(79(112-72-33-30-65(92)51(11)106-72)53-25-29-63-64(36-53)67(94)35-47(7)74(63)97)83(103)110-70-31-28-60(34-46(70)6)108-82-52(12)107-73(42-84(82,13)104)109-69(15-2)48(8)76(99)49(9)77(100)50(10)78-45(5)23-27-55(87)18-16-20-56(88)37-58(90)38-59(91)39-61-41-68(95)80(101)85(105,113-61)81(102)75(98)44(4)22-26-54(86)19-17-21-57(89)40-66(93)43(3)24-32-71(96)111-78/h23-25,27,29,32,35-36,43-46,48-52,54-62,65-66,68-70,72-73,75-80,82,86-93,95,98-101,104-105H,14-22,26,28,30-31,33-34,37-42H2,1-13H3/b27-23+,32-24+. The maximum atomic E-state index is 14.5. The Morgan fingerprint density at radius 3 is 1.91 bits per heavy atom. The summed E-state index contributed by atoms with van der Waals surface area (Å²) in [7, 11) is 0. The summed E-state index contributed by atoms with van der Waals surface area (Å²) in [5.41, 5.74) is -0.162. The molecule has 4 aliphatic heterocycles. The molecule has 7 rings (SSSR count). The molecule has 0 aromatic heterocycles. The first kappa shape index (κ1) is 95.7. The molecule has 4 fully saturated rings. The van der Waals surface area contributed by atoms with Crippen LogP contribution in [0.15, 0.2) is 54.2 Å². The average Bonchev–Trinajstić information content (AvgIpc) is 0.777. The van der Waals surface area contributed by atoms with Crippen molar-refractivity contribution in [1.82, 2.24) is 0 Å². The summed E-state index contributed by atoms with van der Waals surface area (Å²) in [6.07, 6.45) is -15.2. The van der Waals surface area contributed by atoms with Crippen LogP contribution in [0.4, 0.5) is 0 Å². The Balaban J connectivity index is 0.960. The molecule has 644 valence electrons. The Morgan fingerprint density at radius 1 is 0.611 bits per heavy atom. The van der Waals surface area contributed by atoms with Crippen molar-refractivity contribution < 1.29 is 138 Å². The lowest BCUT2D eigenvalue weighted by Gasteiger charge is -2.47. The van der Waals surface area contributed by atoms with Crippen LogP contribution in [0, 0.1) is 47.3 Å². The summed E-state index contributed by atoms with van der Waals surface area (Å²) < 4.78 is 50.5. The molecule has 34 unspecified atom stereocenters. The van der Waals surface area contributed by atoms with Crippen LogP contribution in [0.3, 0.4) is 0 Å². The molecule has 28 heteroatoms. The van der Waals surface area contributed by atoms with Gasteiger partial charge in [0.05, 0.1) is 115 Å². The smallest absolute Gasteiger partial charge is 0.330 e. The molecule has 113 heavy (non-hydrogen) atoms. The van der Waals surface area contributed by atoms with Crippen LogP contribution in [-0.2, 0) is 52.3 Å². The second kappa shape index (κ2) is 43.5. The van der Waals surface area contributed by atoms with E-state index in [0.29, 0.717) is 62.5 Å². The number of cyclic esters (lactones) is 1. The van der Waals surface area contributed by atoms with Gasteiger partial charge in [0.15, 0.2) is 24.1 Å². The van der Waals surface area contributed by atoms with E-state index in [0.717, 1.165) is 6.08 Å². The number of ketones is 3. The summed E-state index contributed by atoms with van der Waals surface area (Å²) in [4.78, 5) is 68.2. The number of allylic oxidation sites excluding steroid dienone is 2. The number of aliphatic hydroxyl groups is 15. The Hall–Kier alpha value is -4.45. The average molecular weight is 1610 g/mol. The molecular formula is C85H136O28. The quantitative estimate of drug-likeness (QED) is 0.0586. The first-order valence-electron chi connectivity index (χ1n) is 41.6. The van der Waals surface area contributed by atoms with Crippen molar-refractivity contribution in [3.8, 4) is 0 Å². The van der Waals surface area contributed by atoms with Gasteiger partial charge < -0.3 is 114 Å². The Morgan fingerprint density at radius 2 is 1.26 bits per heavy atom. The minimum atomic E-state index is -3.06. The predicted molar refractivity (Wildman–Crippen MR) is 412 cm³/mol. The number of hydrogen-bond donors (Lipinski definition) is 15. The van der Waals surface area contributed by atoms with Crippen molar-refractivity contribution in [2.75, 3.05) is 0 Å². The highest BCUT2D eigenvalue weighted by Crippen LogP contribution is 2.42. The molecule has 15 N–H and O–H groups in total. The number of Topliss-reactive ketones (excluding diaryl/α,β-unsaturated/α-hetero) is 2. The molecule has 28 nitrogen and oxygen atoms in total. The second-order valence-electron chi connectivity index (χ2n) is 34.4. The number of carbonyl (C=O) groups excluding carboxylic acids is 5. The first-order valence-corrected chi connectivity index (χ1v) is 41.6. The van der Waals surface area contributed by atoms with E-state index >= 15 is 0 Å². The van der Waals surface area contributed by atoms with Crippen molar-refractivity contribution in [3.05, 3.63) is 70.8 Å². The first-order chi connectivity index (χ1) is 53.1. The summed E-state index contributed by atoms with van der Waals surface area (Å²) in [6.45, 7) is 22.5. The molecule has 4 heterocycles. The van der Waals surface area contributed by atoms with Gasteiger partial charge in [-0.3, -0.25) is 19.2 Å². The molecule has 3 saturated heterocycles. The van der Waals surface area contributed by atoms with E-state index in [1.165, 1.54) is 25.2 Å². The van der Waals surface area contributed by atoms with Crippen LogP contribution in [0.2, 0.25) is 0 Å². The SMILES string of the molecule is CCC(OC1CC(C)(O)C(OC2CCC(OC(=O)C(CC)C(OC3CCC(O)C(C)O3)c3ccc4c(c3)C(=O)C=C(C)C4=O)C(C)C2)C(C)O1)C(C)C(O)C(C)C(O)C(C)C1OC(=O)/C=C/C(C)C(O)CC(O)CCCC(O)CCC(C)C(O)C(=O)C2(O)OC(CC(O)CC(O)CC(O)CCCC(O)/C=C/C1C)CC(O)C2O. The van der Waals surface area contributed by atoms with Gasteiger partial charge in [-0.05, 0) is 179 Å². The lowest BCUT2D eigenvalue weighted by molar-refractivity contribution is -0.309. The molecule has 1 aromatic rings. The third-order valence-electron chi connectivity index (χ3n) is 24.8. The van der Waals surface area contributed by atoms with Crippen molar-refractivity contribution in [2.45, 2.75) is 383 Å². The van der Waals surface area contributed by atoms with Gasteiger partial charge in [0, 0.05) is 71.6 Å². The van der Waals surface area contributed by atoms with Gasteiger partial charge in [0.1, 0.15) is 30.5 Å². The third-order valence-corrected chi connectivity index (χ3v) is 24.8. The van der Waals surface area contributed by atoms with E-state index in [9.17, 15) is 101 Å². The fourth-order valence-corrected chi connectivity index (χ4v) is 17.2. The lowest BCUT2D eigenvalue weighted by atomic mass is 9.78. The highest BCUT2D eigenvalue weighted by Gasteiger charge is 2.56. The summed E-state index contributed by atoms with van der Waals surface area (Å²) >= 11 is 0. The van der Waals surface area contributed by atoms with Gasteiger partial charge in [-0.2, -0.15) is 0 Å². The number of esters is 2. The topological polar surface area (TPSA) is 463 Å². The van der Waals surface area contributed by atoms with Gasteiger partial charge in [-0.1, -0.05) is 86.6 Å². The Bertz CT molecular complexity index is 3270. The third kappa shape index (κ3) is 26.3. The number of hydrogen-bond acceptors (Lipinski definition) is 28. The van der Waals surface area contributed by atoms with Crippen LogP contribution >= 0.6 is 0 Å². The Labute approximate surface area is 666 Å². The van der Waals surface area contributed by atoms with Crippen molar-refractivity contribution >= 4 is 29.3 Å². The van der Waals surface area contributed by atoms with E-state index in [2.05, 4.69) is 0 Å². The van der Waals surface area contributed by atoms with E-state index < -0.39 is 211 Å². The molecule has 2 bridgehead atoms. The Kier molecular flexibility index (Phi) is 36.8. The van der Waals surface area contributed by atoms with Gasteiger partial charge in [-0.25, -0.2) is 4.79 Å². The zero-order chi connectivity index (χ0) is 83.8. The summed E-state index contributed by atoms with van der Waals surface area (Å²) in [5, 5.41) is 168. The number of fused-ring (bicyclic) bond motifs is 3. The monoisotopic (exact) mass is 1600 g/mol. The fourth-order valence-electron chi connectivity index (χ4n) is 17.2. The largest absolute Gasteiger partial charge is 0.462 e. The zero-order valence-electron chi connectivity index (χ0n) is 68.5. The van der Waals surface area contributed by atoms with Gasteiger partial charge in [-0.15, -0.1) is 0 Å². The highest BCUT2D eigenvalue weighted by molar-refractivity contribution is 6.24. The van der Waals surface area contributed by atoms with Crippen molar-refractivity contribution in [3.63, 3.8) is 0 Å². The van der Waals surface area contributed by atoms with E-state index in [-0.39, 0.29) is 118 Å². The highest BCUT2D eigenvalue weighted by atomic mass is 16.7. The molecule has 34 atom stereocenters. The van der Waals surface area contributed by atoms with Crippen LogP contribution in [0.25, 0.3) is 0 Å². The van der Waals surface area contributed by atoms with Gasteiger partial charge >= 0.3 is 11.9 Å². The summed E-state index contributed by atoms with van der Waals surface area (Å²) in [5.74, 6) is -12.0. The second-order valence-corrected chi connectivity index (χ2v) is 34.4. The van der Waals surface area contributed by atoms with Crippen LogP contribution < -0.4 is 0 Å². The van der Waals surface area contributed by atoms with Crippen molar-refractivity contribution in [2.24, 2.45) is 47.3 Å². The molecule has 0 spiro atoms. The number of aliphatic hydroxyl groups excluding tert-OH is 13. The molecule has 1 saturated carbocycles. The molecule has 2 aliphatic carbocycles. The minimum absolute atomic E-state index is 0.00400. The molecule has 0 amide bonds. The van der Waals surface area contributed by atoms with E-state index in [1.54, 1.807) is 86.6 Å². The molecular weight excluding hydrogens is 1470 g/mol. The minimum Gasteiger partial charge on any atom is -0.462 e. The van der Waals surface area contributed by atoms with Crippen LogP contribution in [0.5, 0.6) is 0 Å². The van der Waals surface area contributed by atoms with Crippen molar-refractivity contribution in [1.29, 1.82) is 0 Å². The van der Waals surface area contributed by atoms with Crippen LogP contribution in [-0.4, -0.2) is 258 Å². The predicted octanol–water partition coefficient (Wildman–Crippen LogP) is 6.06. The van der Waals surface area contributed by atoms with Gasteiger partial charge in [0.25, 0.3) is 5.79 Å². The van der Waals surface area contributed by atoms with E-state index in [1.807, 2.05) is 20.8 Å². The normalized spacial score (nSPS) is 40.1. The number of benzene rings is 1. The maximum absolute atomic E-state index is 14.5. The van der Waals surface area contributed by atoms with Crippen LogP contribution in [0.1, 0.15) is 257 Å². The number of carbonyl (C=O) groups is 5. The van der Waals surface area contributed by atoms with Gasteiger partial charge in [0.2, 0.25) is 5.78 Å². The molecule has 0 radical (unpaired) electrons. The maximum Gasteiger partial charge on any atom is 0.330 e. The number of rotatable bonds is 18. The molecule has 6 aliphatic rings. The molecule has 1 aromatic carbocycles. The summed E-state index contributed by atoms with van der Waals surface area (Å²) in [6, 6.07) is 4.88. The lowest BCUT2D eigenvalue weighted by Crippen LogP contribution is -2.65.